The molecule has 274 valence electrons. The largest absolute Gasteiger partial charge is 0.480 e. The Bertz CT molecular complexity index is 884. The van der Waals surface area contributed by atoms with Crippen LogP contribution >= 0.6 is 0 Å². The molecule has 0 aromatic rings. The number of carboxylic acids is 1. The molecule has 0 spiro atoms. The molecule has 0 aliphatic carbocycles. The molecule has 7 N–H and O–H groups in total. The first kappa shape index (κ1) is 44.3. The van der Waals surface area contributed by atoms with Crippen LogP contribution in [0.5, 0.6) is 0 Å². The number of carbonyl (C=O) groups excluding carboxylic acids is 4. The molecule has 11 heteroatoms. The Hall–Kier alpha value is -2.69. The summed E-state index contributed by atoms with van der Waals surface area (Å²) in [7, 11) is 0. The highest BCUT2D eigenvalue weighted by Gasteiger charge is 2.30. The van der Waals surface area contributed by atoms with Gasteiger partial charge in [0.05, 0.1) is 6.54 Å². The molecule has 0 saturated carbocycles. The molecule has 0 saturated heterocycles. The molecule has 0 aliphatic heterocycles. The number of unbranched alkanes of at least 4 members (excludes halogenated alkanes) is 13. The van der Waals surface area contributed by atoms with Crippen molar-refractivity contribution < 1.29 is 29.1 Å². The Labute approximate surface area is 285 Å². The van der Waals surface area contributed by atoms with Crippen LogP contribution in [0.15, 0.2) is 0 Å². The van der Waals surface area contributed by atoms with Crippen molar-refractivity contribution in [2.24, 2.45) is 17.6 Å². The van der Waals surface area contributed by atoms with E-state index in [1.54, 1.807) is 0 Å². The topological polar surface area (TPSA) is 180 Å². The van der Waals surface area contributed by atoms with Crippen LogP contribution in [0.3, 0.4) is 0 Å². The Balaban J connectivity index is 4.77. The number of hydrogen-bond donors (Lipinski definition) is 6. The van der Waals surface area contributed by atoms with Crippen LogP contribution in [0.4, 0.5) is 0 Å². The van der Waals surface area contributed by atoms with Gasteiger partial charge in [-0.3, -0.25) is 19.2 Å². The Kier molecular flexibility index (Phi) is 26.7. The van der Waals surface area contributed by atoms with Crippen LogP contribution < -0.4 is 27.0 Å². The molecule has 47 heavy (non-hydrogen) atoms. The van der Waals surface area contributed by atoms with E-state index in [0.717, 1.165) is 19.3 Å². The van der Waals surface area contributed by atoms with Gasteiger partial charge in [-0.25, -0.2) is 4.79 Å². The third kappa shape index (κ3) is 23.3. The Morgan fingerprint density at radius 1 is 0.638 bits per heavy atom. The molecule has 0 aromatic carbocycles. The Morgan fingerprint density at radius 3 is 1.66 bits per heavy atom. The highest BCUT2D eigenvalue weighted by molar-refractivity contribution is 5.94. The average Bonchev–Trinajstić information content (AvgIpc) is 3.03. The van der Waals surface area contributed by atoms with Crippen molar-refractivity contribution in [2.75, 3.05) is 13.1 Å². The number of carbonyl (C=O) groups is 5. The molecule has 0 aromatic heterocycles. The van der Waals surface area contributed by atoms with Gasteiger partial charge >= 0.3 is 5.97 Å². The van der Waals surface area contributed by atoms with Gasteiger partial charge in [-0.15, -0.1) is 0 Å². The number of carboxylic acid groups (broad SMARTS) is 1. The maximum Gasteiger partial charge on any atom is 0.326 e. The van der Waals surface area contributed by atoms with Crippen LogP contribution in [0.2, 0.25) is 0 Å². The van der Waals surface area contributed by atoms with E-state index in [4.69, 9.17) is 5.73 Å². The molecule has 0 rings (SSSR count). The third-order valence-corrected chi connectivity index (χ3v) is 8.66. The molecule has 4 atom stereocenters. The molecule has 0 unspecified atom stereocenters. The highest BCUT2D eigenvalue weighted by atomic mass is 16.4. The number of aliphatic carboxylic acids is 1. The fourth-order valence-corrected chi connectivity index (χ4v) is 5.50. The minimum atomic E-state index is -1.15. The maximum atomic E-state index is 13.4. The molecule has 11 nitrogen and oxygen atoms in total. The predicted molar refractivity (Wildman–Crippen MR) is 189 cm³/mol. The minimum absolute atomic E-state index is 0.133. The third-order valence-electron chi connectivity index (χ3n) is 8.66. The quantitative estimate of drug-likeness (QED) is 0.0559. The molecular weight excluding hydrogens is 598 g/mol. The first-order chi connectivity index (χ1) is 22.5. The summed E-state index contributed by atoms with van der Waals surface area (Å²) in [5.74, 6) is -3.05. The van der Waals surface area contributed by atoms with Gasteiger partial charge in [0.25, 0.3) is 0 Å². The second kappa shape index (κ2) is 28.3. The fourth-order valence-electron chi connectivity index (χ4n) is 5.50. The summed E-state index contributed by atoms with van der Waals surface area (Å²) < 4.78 is 0. The number of amides is 4. The number of hydrogen-bond acceptors (Lipinski definition) is 6. The lowest BCUT2D eigenvalue weighted by molar-refractivity contribution is -0.142. The SMILES string of the molecule is CCCCCCCCCCCCCCCC(=O)N[C@@H](CC(C)C)C(=O)N[C@H](C(=O)NCC(=O)N[C@@H](CCCCN)C(=O)O)[C@@H](C)CC. The van der Waals surface area contributed by atoms with Gasteiger partial charge in [-0.1, -0.05) is 118 Å². The predicted octanol–water partition coefficient (Wildman–Crippen LogP) is 5.34. The van der Waals surface area contributed by atoms with E-state index in [1.807, 2.05) is 27.7 Å². The molecule has 4 amide bonds. The Morgan fingerprint density at radius 2 is 1.17 bits per heavy atom. The van der Waals surface area contributed by atoms with Crippen molar-refractivity contribution >= 4 is 29.6 Å². The zero-order valence-electron chi connectivity index (χ0n) is 30.3. The lowest BCUT2D eigenvalue weighted by Crippen LogP contribution is -2.57. The molecular formula is C36H69N5O6. The lowest BCUT2D eigenvalue weighted by atomic mass is 9.96. The second-order valence-electron chi connectivity index (χ2n) is 13.6. The van der Waals surface area contributed by atoms with Crippen LogP contribution in [-0.4, -0.2) is 65.9 Å². The zero-order chi connectivity index (χ0) is 35.5. The van der Waals surface area contributed by atoms with E-state index in [2.05, 4.69) is 28.2 Å². The standard InChI is InChI=1S/C36H69N5O6/c1-6-8-9-10-11-12-13-14-15-16-17-18-19-23-31(42)40-30(25-27(3)4)34(44)41-33(28(5)7-2)35(45)38-26-32(43)39-29(36(46)47)22-20-21-24-37/h27-30,33H,6-26,37H2,1-5H3,(H,38,45)(H,39,43)(H,40,42)(H,41,44)(H,46,47)/t28-,29-,30-,33-/m0/s1. The summed E-state index contributed by atoms with van der Waals surface area (Å²) in [5.41, 5.74) is 5.46. The second-order valence-corrected chi connectivity index (χ2v) is 13.6. The van der Waals surface area contributed by atoms with Gasteiger partial charge in [0.15, 0.2) is 0 Å². The molecule has 0 aliphatic rings. The van der Waals surface area contributed by atoms with Gasteiger partial charge in [0, 0.05) is 6.42 Å². The van der Waals surface area contributed by atoms with Crippen LogP contribution in [0.1, 0.15) is 157 Å². The smallest absolute Gasteiger partial charge is 0.326 e. The summed E-state index contributed by atoms with van der Waals surface area (Å²) in [6.07, 6.45) is 18.7. The summed E-state index contributed by atoms with van der Waals surface area (Å²) >= 11 is 0. The van der Waals surface area contributed by atoms with E-state index in [1.165, 1.54) is 64.2 Å². The zero-order valence-corrected chi connectivity index (χ0v) is 30.3. The lowest BCUT2D eigenvalue weighted by Gasteiger charge is -2.27. The summed E-state index contributed by atoms with van der Waals surface area (Å²) in [4.78, 5) is 63.2. The first-order valence-electron chi connectivity index (χ1n) is 18.6. The van der Waals surface area contributed by atoms with Crippen molar-refractivity contribution in [1.82, 2.24) is 21.3 Å². The number of nitrogens with two attached hydrogens (primary N) is 1. The van der Waals surface area contributed by atoms with E-state index >= 15 is 0 Å². The van der Waals surface area contributed by atoms with E-state index < -0.39 is 48.4 Å². The van der Waals surface area contributed by atoms with Gasteiger partial charge in [-0.05, 0) is 50.5 Å². The van der Waals surface area contributed by atoms with Crippen LogP contribution in [-0.2, 0) is 24.0 Å². The van der Waals surface area contributed by atoms with E-state index in [0.29, 0.717) is 38.6 Å². The molecule has 0 radical (unpaired) electrons. The van der Waals surface area contributed by atoms with Crippen molar-refractivity contribution in [3.8, 4) is 0 Å². The van der Waals surface area contributed by atoms with Gasteiger partial charge < -0.3 is 32.1 Å². The van der Waals surface area contributed by atoms with Gasteiger partial charge in [0.1, 0.15) is 18.1 Å². The summed E-state index contributed by atoms with van der Waals surface area (Å²) in [5, 5.41) is 20.1. The normalized spacial score (nSPS) is 13.8. The minimum Gasteiger partial charge on any atom is -0.480 e. The highest BCUT2D eigenvalue weighted by Crippen LogP contribution is 2.14. The molecule has 0 bridgehead atoms. The average molecular weight is 668 g/mol. The summed E-state index contributed by atoms with van der Waals surface area (Å²) in [6.45, 7) is 9.91. The fraction of sp³-hybridized carbons (Fsp3) is 0.861. The van der Waals surface area contributed by atoms with Crippen LogP contribution in [0, 0.1) is 11.8 Å². The monoisotopic (exact) mass is 668 g/mol. The van der Waals surface area contributed by atoms with E-state index in [9.17, 15) is 29.1 Å². The van der Waals surface area contributed by atoms with Crippen molar-refractivity contribution in [3.63, 3.8) is 0 Å². The number of rotatable bonds is 30. The molecule has 0 fully saturated rings. The van der Waals surface area contributed by atoms with Gasteiger partial charge in [-0.2, -0.15) is 0 Å². The summed E-state index contributed by atoms with van der Waals surface area (Å²) in [6, 6.07) is -2.78. The maximum absolute atomic E-state index is 13.4. The van der Waals surface area contributed by atoms with E-state index in [-0.39, 0.29) is 24.2 Å². The van der Waals surface area contributed by atoms with Crippen molar-refractivity contribution in [3.05, 3.63) is 0 Å². The molecule has 0 heterocycles. The van der Waals surface area contributed by atoms with Crippen molar-refractivity contribution in [1.29, 1.82) is 0 Å². The first-order valence-corrected chi connectivity index (χ1v) is 18.6. The van der Waals surface area contributed by atoms with Crippen LogP contribution in [0.25, 0.3) is 0 Å². The van der Waals surface area contributed by atoms with Gasteiger partial charge in [0.2, 0.25) is 23.6 Å². The number of nitrogens with one attached hydrogen (secondary N) is 4. The van der Waals surface area contributed by atoms with Crippen molar-refractivity contribution in [2.45, 2.75) is 175 Å².